The fourth-order valence-electron chi connectivity index (χ4n) is 16.1. The highest BCUT2D eigenvalue weighted by atomic mass is 35.5. The molecule has 5 aromatic carbocycles. The third-order valence-corrected chi connectivity index (χ3v) is 22.4. The summed E-state index contributed by atoms with van der Waals surface area (Å²) in [7, 11) is 0. The number of hydrogen-bond donors (Lipinski definition) is 2. The third kappa shape index (κ3) is 20.3. The number of Topliss-reactive ketones (excluding diaryl/α,β-unsaturated/α-hetero) is 1. The number of nitrogens with zero attached hydrogens (tertiary/aromatic N) is 9. The Morgan fingerprint density at radius 2 is 1.18 bits per heavy atom. The lowest BCUT2D eigenvalue weighted by Crippen LogP contribution is -2.48. The molecule has 2 aliphatic heterocycles. The number of ether oxygens (including phenoxy) is 5. The number of ketones is 1. The van der Waals surface area contributed by atoms with Crippen LogP contribution in [-0.4, -0.2) is 125 Å². The monoisotopic (exact) mass is 1590 g/mol. The van der Waals surface area contributed by atoms with Crippen molar-refractivity contribution in [3.8, 4) is 22.9 Å². The average Bonchev–Trinajstić information content (AvgIpc) is 1.60. The number of pyridine rings is 6. The molecule has 602 valence electrons. The van der Waals surface area contributed by atoms with Gasteiger partial charge in [-0.05, 0) is 194 Å². The first-order valence-electron chi connectivity index (χ1n) is 40.5. The van der Waals surface area contributed by atoms with Gasteiger partial charge in [-0.2, -0.15) is 0 Å². The molecule has 0 unspecified atom stereocenters. The number of carbonyl (C=O) groups excluding carboxylic acids is 5. The Balaban J connectivity index is 0.537. The van der Waals surface area contributed by atoms with E-state index in [-0.39, 0.29) is 99.9 Å². The first-order valence-corrected chi connectivity index (χ1v) is 40.8. The van der Waals surface area contributed by atoms with E-state index >= 15 is 4.79 Å². The fourth-order valence-corrected chi connectivity index (χ4v) is 16.2. The van der Waals surface area contributed by atoms with E-state index in [0.29, 0.717) is 122 Å². The summed E-state index contributed by atoms with van der Waals surface area (Å²) in [6.07, 6.45) is 14.7. The molecular formula is C94H97ClN10O12. The smallest absolute Gasteiger partial charge is 0.343 e. The molecular weight excluding hydrogens is 1500 g/mol. The lowest BCUT2D eigenvalue weighted by molar-refractivity contribution is -0.172. The van der Waals surface area contributed by atoms with Crippen LogP contribution in [0.15, 0.2) is 218 Å². The van der Waals surface area contributed by atoms with Crippen molar-refractivity contribution in [3.05, 3.63) is 312 Å². The molecule has 1 saturated carbocycles. The standard InChI is InChI=1S/C94H97ClN10O12/c1-3-79-80-54-77(36-37-84(80)101-87-81(79)63-105-85(87)55-83-82(89(105)108)64-116-92(111)94(83,112)4-2)117-90(109)70-26-24-65(25-27-70)58-104(91(110)93(38-12-6-13-39-93)71-32-34-72(95)35-33-71)45-48-114-50-49-113-47-44-100-88(107)69-30-28-68(29-31-69)86(106)23-7-5-18-46-115-78-52-66(56-102(59-73-19-8-14-40-96-73)60-74-20-9-15-41-97-74)51-67(53-78)57-103(61-75-21-10-16-42-98-75)62-76-22-11-17-43-99-76/h8-11,14-17,19-22,24-37,40-43,51-55,112H,3-7,12-13,18,23,38-39,44-50,56-64H2,1-2H3,(H,100,107)/t94-/m0/s1. The molecule has 22 nitrogen and oxygen atoms in total. The molecule has 1 atom stereocenters. The Bertz CT molecular complexity index is 5140. The Morgan fingerprint density at radius 3 is 1.77 bits per heavy atom. The predicted octanol–water partition coefficient (Wildman–Crippen LogP) is 15.0. The van der Waals surface area contributed by atoms with Gasteiger partial charge in [0.05, 0.1) is 95.8 Å². The number of aryl methyl sites for hydroxylation is 1. The van der Waals surface area contributed by atoms with Gasteiger partial charge >= 0.3 is 11.9 Å². The van der Waals surface area contributed by atoms with Gasteiger partial charge in [0, 0.05) is 123 Å². The molecule has 2 N–H and O–H groups in total. The molecule has 8 heterocycles. The zero-order chi connectivity index (χ0) is 81.1. The molecule has 0 saturated heterocycles. The number of rotatable bonds is 38. The number of amides is 2. The number of benzene rings is 5. The van der Waals surface area contributed by atoms with Crippen LogP contribution >= 0.6 is 11.6 Å². The maximum absolute atomic E-state index is 15.2. The number of carbonyl (C=O) groups is 5. The molecule has 14 rings (SSSR count). The van der Waals surface area contributed by atoms with Gasteiger partial charge in [-0.25, -0.2) is 14.6 Å². The zero-order valence-corrected chi connectivity index (χ0v) is 66.9. The Kier molecular flexibility index (Phi) is 27.3. The summed E-state index contributed by atoms with van der Waals surface area (Å²) < 4.78 is 31.4. The van der Waals surface area contributed by atoms with Crippen molar-refractivity contribution in [1.29, 1.82) is 0 Å². The highest BCUT2D eigenvalue weighted by Crippen LogP contribution is 2.44. The number of halogens is 1. The summed E-state index contributed by atoms with van der Waals surface area (Å²) >= 11 is 6.39. The largest absolute Gasteiger partial charge is 0.494 e. The summed E-state index contributed by atoms with van der Waals surface area (Å²) in [5.41, 5.74) is 9.99. The summed E-state index contributed by atoms with van der Waals surface area (Å²) in [5.74, 6) is -0.567. The van der Waals surface area contributed by atoms with Crippen LogP contribution < -0.4 is 20.3 Å². The lowest BCUT2D eigenvalue weighted by Gasteiger charge is -2.40. The van der Waals surface area contributed by atoms with Crippen LogP contribution in [0.25, 0.3) is 22.3 Å². The molecule has 23 heteroatoms. The van der Waals surface area contributed by atoms with E-state index in [1.807, 2.05) is 146 Å². The minimum atomic E-state index is -1.95. The molecule has 0 spiro atoms. The minimum Gasteiger partial charge on any atom is -0.494 e. The van der Waals surface area contributed by atoms with E-state index in [1.54, 1.807) is 72.2 Å². The highest BCUT2D eigenvalue weighted by molar-refractivity contribution is 6.30. The lowest BCUT2D eigenvalue weighted by atomic mass is 9.68. The van der Waals surface area contributed by atoms with E-state index in [4.69, 9.17) is 40.3 Å². The number of cyclic esters (lactones) is 1. The third-order valence-electron chi connectivity index (χ3n) is 22.2. The molecule has 1 fully saturated rings. The van der Waals surface area contributed by atoms with Crippen molar-refractivity contribution in [2.24, 2.45) is 0 Å². The molecule has 2 amide bonds. The van der Waals surface area contributed by atoms with Gasteiger partial charge in [0.1, 0.15) is 18.1 Å². The maximum atomic E-state index is 15.2. The molecule has 117 heavy (non-hydrogen) atoms. The molecule has 0 radical (unpaired) electrons. The first kappa shape index (κ1) is 82.0. The predicted molar refractivity (Wildman–Crippen MR) is 445 cm³/mol. The van der Waals surface area contributed by atoms with Crippen LogP contribution in [0.4, 0.5) is 0 Å². The molecule has 1 aliphatic carbocycles. The summed E-state index contributed by atoms with van der Waals surface area (Å²) in [6.45, 7) is 9.67. The zero-order valence-electron chi connectivity index (χ0n) is 66.1. The Morgan fingerprint density at radius 1 is 0.581 bits per heavy atom. The Labute approximate surface area is 686 Å². The fraction of sp³-hybridized carbons (Fsp3) is 0.330. The van der Waals surface area contributed by atoms with Crippen molar-refractivity contribution >= 4 is 52.0 Å². The van der Waals surface area contributed by atoms with Crippen LogP contribution in [0.2, 0.25) is 5.02 Å². The number of hydrogen-bond acceptors (Lipinski definition) is 19. The average molecular weight is 1590 g/mol. The van der Waals surface area contributed by atoms with E-state index < -0.39 is 23.0 Å². The van der Waals surface area contributed by atoms with Crippen molar-refractivity contribution < 1.29 is 52.8 Å². The van der Waals surface area contributed by atoms with Gasteiger partial charge in [-0.1, -0.05) is 111 Å². The number of aromatic nitrogens is 6. The van der Waals surface area contributed by atoms with E-state index in [1.165, 1.54) is 0 Å². The molecule has 0 bridgehead atoms. The number of nitrogens with one attached hydrogen (secondary N) is 1. The number of aliphatic hydroxyl groups is 1. The van der Waals surface area contributed by atoms with Crippen molar-refractivity contribution in [1.82, 2.24) is 49.5 Å². The summed E-state index contributed by atoms with van der Waals surface area (Å²) in [6, 6.07) is 58.8. The van der Waals surface area contributed by atoms with Crippen LogP contribution in [0.1, 0.15) is 176 Å². The van der Waals surface area contributed by atoms with Gasteiger partial charge in [-0.3, -0.25) is 48.9 Å². The van der Waals surface area contributed by atoms with E-state index in [0.717, 1.165) is 99.4 Å². The number of esters is 2. The second-order valence-corrected chi connectivity index (χ2v) is 30.7. The van der Waals surface area contributed by atoms with Crippen LogP contribution in [0.3, 0.4) is 0 Å². The second-order valence-electron chi connectivity index (χ2n) is 30.2. The molecule has 6 aromatic heterocycles. The van der Waals surface area contributed by atoms with Crippen molar-refractivity contribution in [2.75, 3.05) is 46.1 Å². The minimum absolute atomic E-state index is 0.00518. The van der Waals surface area contributed by atoms with Gasteiger partial charge in [0.2, 0.25) is 5.91 Å². The highest BCUT2D eigenvalue weighted by Gasteiger charge is 2.46. The SMILES string of the molecule is CCc1c2c(nc3ccc(OC(=O)c4ccc(CN(CCOCCOCCNC(=O)c5ccc(C(=O)CCCCCOc6cc(CN(Cc7ccccn7)Cc7ccccn7)cc(CN(Cc7ccccn7)Cc7ccccn7)c6)cc5)C(=O)C5(c6ccc(Cl)cc6)CCCCC5)cc4)cc13)-c1cc3c(c(=O)n1C2)COC(=O)[C@]3(O)CC. The van der Waals surface area contributed by atoms with Gasteiger partial charge in [-0.15, -0.1) is 0 Å². The van der Waals surface area contributed by atoms with Crippen molar-refractivity contribution in [2.45, 2.75) is 154 Å². The number of unbranched alkanes of at least 4 members (excludes halogenated alkanes) is 2. The van der Waals surface area contributed by atoms with E-state index in [9.17, 15) is 29.1 Å². The maximum Gasteiger partial charge on any atom is 0.343 e. The molecule has 3 aliphatic rings. The van der Waals surface area contributed by atoms with Gasteiger partial charge in [0.15, 0.2) is 11.4 Å². The van der Waals surface area contributed by atoms with E-state index in [2.05, 4.69) is 53.3 Å². The quantitative estimate of drug-likeness (QED) is 0.0158. The van der Waals surface area contributed by atoms with Gasteiger partial charge in [0.25, 0.3) is 11.5 Å². The second kappa shape index (κ2) is 39.0. The normalized spacial score (nSPS) is 14.7. The Hall–Kier alpha value is -11.5. The summed E-state index contributed by atoms with van der Waals surface area (Å²) in [4.78, 5) is 113. The number of fused-ring (bicyclic) bond motifs is 5. The van der Waals surface area contributed by atoms with Crippen molar-refractivity contribution in [3.63, 3.8) is 0 Å². The summed E-state index contributed by atoms with van der Waals surface area (Å²) in [5, 5.41) is 15.7. The van der Waals surface area contributed by atoms with Crippen LogP contribution in [0, 0.1) is 0 Å². The van der Waals surface area contributed by atoms with Crippen LogP contribution in [-0.2, 0) is 100 Å². The van der Waals surface area contributed by atoms with Crippen LogP contribution in [0.5, 0.6) is 11.5 Å². The van der Waals surface area contributed by atoms with Gasteiger partial charge < -0.3 is 43.6 Å². The first-order chi connectivity index (χ1) is 57.1. The topological polar surface area (TPSA) is 260 Å². The molecule has 11 aromatic rings.